The number of rotatable bonds is 4. The van der Waals surface area contributed by atoms with Crippen molar-refractivity contribution in [1.82, 2.24) is 9.55 Å². The van der Waals surface area contributed by atoms with Crippen molar-refractivity contribution >= 4 is 27.3 Å². The number of aromatic nitrogens is 2. The fourth-order valence-electron chi connectivity index (χ4n) is 3.81. The predicted octanol–water partition coefficient (Wildman–Crippen LogP) is 4.50. The van der Waals surface area contributed by atoms with E-state index < -0.39 is 0 Å². The monoisotopic (exact) mass is 386 g/mol. The highest BCUT2D eigenvalue weighted by Gasteiger charge is 2.16. The van der Waals surface area contributed by atoms with E-state index in [-0.39, 0.29) is 17.9 Å². The van der Waals surface area contributed by atoms with Gasteiger partial charge in [0.2, 0.25) is 0 Å². The van der Waals surface area contributed by atoms with Gasteiger partial charge in [0, 0.05) is 10.4 Å². The Kier molecular flexibility index (Phi) is 4.17. The van der Waals surface area contributed by atoms with Crippen molar-refractivity contribution in [3.63, 3.8) is 0 Å². The summed E-state index contributed by atoms with van der Waals surface area (Å²) in [5, 5.41) is 0.563. The second-order valence-corrected chi connectivity index (χ2v) is 8.16. The van der Waals surface area contributed by atoms with E-state index in [1.54, 1.807) is 0 Å². The minimum Gasteiger partial charge on any atom is -0.292 e. The molecule has 0 aliphatic heterocycles. The Morgan fingerprint density at radius 1 is 1.04 bits per heavy atom. The van der Waals surface area contributed by atoms with E-state index in [2.05, 4.69) is 4.98 Å². The molecule has 0 atom stereocenters. The van der Waals surface area contributed by atoms with Crippen LogP contribution in [0.3, 0.4) is 0 Å². The second kappa shape index (κ2) is 6.84. The third-order valence-corrected chi connectivity index (χ3v) is 6.40. The van der Waals surface area contributed by atoms with Gasteiger partial charge < -0.3 is 0 Å². The molecule has 4 nitrogen and oxygen atoms in total. The third-order valence-electron chi connectivity index (χ3n) is 5.31. The Hall–Kier alpha value is -3.05. The van der Waals surface area contributed by atoms with Crippen LogP contribution in [-0.2, 0) is 19.4 Å². The van der Waals surface area contributed by atoms with Gasteiger partial charge in [-0.1, -0.05) is 42.5 Å². The molecule has 2 heterocycles. The van der Waals surface area contributed by atoms with Crippen LogP contribution in [0.1, 0.15) is 27.9 Å². The number of thiophene rings is 1. The molecule has 0 radical (unpaired) electrons. The average Bonchev–Trinajstić information content (AvgIpc) is 3.37. The lowest BCUT2D eigenvalue weighted by molar-refractivity contribution is 0.0970. The Morgan fingerprint density at radius 2 is 1.86 bits per heavy atom. The van der Waals surface area contributed by atoms with Crippen LogP contribution in [0, 0.1) is 0 Å². The van der Waals surface area contributed by atoms with E-state index in [0.29, 0.717) is 15.8 Å². The molecule has 2 aromatic carbocycles. The molecule has 0 spiro atoms. The molecular formula is C23H18N2O2S. The fourth-order valence-corrected chi connectivity index (χ4v) is 4.80. The van der Waals surface area contributed by atoms with Gasteiger partial charge in [-0.05, 0) is 48.1 Å². The van der Waals surface area contributed by atoms with E-state index in [0.717, 1.165) is 29.7 Å². The van der Waals surface area contributed by atoms with Gasteiger partial charge in [-0.3, -0.25) is 14.2 Å². The quantitative estimate of drug-likeness (QED) is 0.485. The number of ketones is 1. The van der Waals surface area contributed by atoms with Crippen LogP contribution in [0.25, 0.3) is 20.7 Å². The number of aryl methyl sites for hydroxylation is 2. The van der Waals surface area contributed by atoms with Gasteiger partial charge in [0.1, 0.15) is 4.83 Å². The number of hydrogen-bond acceptors (Lipinski definition) is 4. The molecule has 0 saturated heterocycles. The average molecular weight is 386 g/mol. The number of fused-ring (bicyclic) bond motifs is 2. The molecule has 1 aliphatic rings. The SMILES string of the molecule is O=C(Cn1cnc2sc(-c3ccccc3)cc2c1=O)c1ccc2c(c1)CCC2. The minimum absolute atomic E-state index is 0.0110. The molecule has 5 heteroatoms. The van der Waals surface area contributed by atoms with Crippen molar-refractivity contribution in [3.8, 4) is 10.4 Å². The number of nitrogens with zero attached hydrogens (tertiary/aromatic N) is 2. The number of Topliss-reactive ketones (excluding diaryl/α,β-unsaturated/α-hetero) is 1. The van der Waals surface area contributed by atoms with Gasteiger partial charge >= 0.3 is 0 Å². The van der Waals surface area contributed by atoms with Crippen LogP contribution >= 0.6 is 11.3 Å². The number of benzene rings is 2. The lowest BCUT2D eigenvalue weighted by Gasteiger charge is -2.06. The molecule has 138 valence electrons. The van der Waals surface area contributed by atoms with Crippen LogP contribution in [0.15, 0.2) is 65.7 Å². The van der Waals surface area contributed by atoms with Gasteiger partial charge in [-0.2, -0.15) is 0 Å². The van der Waals surface area contributed by atoms with Crippen molar-refractivity contribution < 1.29 is 4.79 Å². The third kappa shape index (κ3) is 2.98. The molecule has 2 aromatic heterocycles. The summed E-state index contributed by atoms with van der Waals surface area (Å²) in [6.07, 6.45) is 4.75. The van der Waals surface area contributed by atoms with Crippen LogP contribution in [-0.4, -0.2) is 15.3 Å². The largest absolute Gasteiger partial charge is 0.292 e. The molecule has 0 unspecified atom stereocenters. The van der Waals surface area contributed by atoms with E-state index in [1.807, 2.05) is 54.6 Å². The van der Waals surface area contributed by atoms with Gasteiger partial charge in [0.05, 0.1) is 18.3 Å². The molecule has 28 heavy (non-hydrogen) atoms. The highest BCUT2D eigenvalue weighted by molar-refractivity contribution is 7.21. The Balaban J connectivity index is 1.47. The van der Waals surface area contributed by atoms with Crippen molar-refractivity contribution in [2.75, 3.05) is 0 Å². The first-order chi connectivity index (χ1) is 13.7. The fraction of sp³-hybridized carbons (Fsp3) is 0.174. The first kappa shape index (κ1) is 17.1. The van der Waals surface area contributed by atoms with Crippen LogP contribution in [0.5, 0.6) is 0 Å². The highest BCUT2D eigenvalue weighted by Crippen LogP contribution is 2.30. The highest BCUT2D eigenvalue weighted by atomic mass is 32.1. The first-order valence-electron chi connectivity index (χ1n) is 9.38. The van der Waals surface area contributed by atoms with E-state index >= 15 is 0 Å². The standard InChI is InChI=1S/C23H18N2O2S/c26-20(18-10-9-15-7-4-8-17(15)11-18)13-25-14-24-22-19(23(25)27)12-21(28-22)16-5-2-1-3-6-16/h1-3,5-6,9-12,14H,4,7-8,13H2. The molecule has 0 fully saturated rings. The molecule has 1 aliphatic carbocycles. The maximum absolute atomic E-state index is 12.9. The Labute approximate surface area is 166 Å². The number of hydrogen-bond donors (Lipinski definition) is 0. The molecular weight excluding hydrogens is 368 g/mol. The van der Waals surface area contributed by atoms with Gasteiger partial charge in [0.25, 0.3) is 5.56 Å². The first-order valence-corrected chi connectivity index (χ1v) is 10.2. The van der Waals surface area contributed by atoms with E-state index in [9.17, 15) is 9.59 Å². The molecule has 5 rings (SSSR count). The summed E-state index contributed by atoms with van der Waals surface area (Å²) in [6, 6.07) is 17.7. The smallest absolute Gasteiger partial charge is 0.262 e. The minimum atomic E-state index is -0.169. The van der Waals surface area contributed by atoms with Crippen molar-refractivity contribution in [3.05, 3.63) is 88.0 Å². The summed E-state index contributed by atoms with van der Waals surface area (Å²) in [5.41, 5.74) is 4.16. The van der Waals surface area contributed by atoms with Crippen molar-refractivity contribution in [2.45, 2.75) is 25.8 Å². The molecule has 4 aromatic rings. The molecule has 0 bridgehead atoms. The summed E-state index contributed by atoms with van der Waals surface area (Å²) in [7, 11) is 0. The molecule has 0 saturated carbocycles. The summed E-state index contributed by atoms with van der Waals surface area (Å²) >= 11 is 1.49. The van der Waals surface area contributed by atoms with E-state index in [1.165, 1.54) is 33.4 Å². The van der Waals surface area contributed by atoms with Gasteiger partial charge in [0.15, 0.2) is 5.78 Å². The van der Waals surface area contributed by atoms with E-state index in [4.69, 9.17) is 0 Å². The van der Waals surface area contributed by atoms with Crippen molar-refractivity contribution in [2.24, 2.45) is 0 Å². The van der Waals surface area contributed by atoms with Gasteiger partial charge in [-0.15, -0.1) is 11.3 Å². The van der Waals surface area contributed by atoms with Crippen LogP contribution in [0.2, 0.25) is 0 Å². The summed E-state index contributed by atoms with van der Waals surface area (Å²) in [5.74, 6) is -0.0588. The molecule has 0 amide bonds. The lowest BCUT2D eigenvalue weighted by atomic mass is 10.0. The summed E-state index contributed by atoms with van der Waals surface area (Å²) in [4.78, 5) is 31.8. The second-order valence-electron chi connectivity index (χ2n) is 7.13. The summed E-state index contributed by atoms with van der Waals surface area (Å²) < 4.78 is 1.42. The maximum Gasteiger partial charge on any atom is 0.262 e. The van der Waals surface area contributed by atoms with Crippen LogP contribution < -0.4 is 5.56 Å². The zero-order chi connectivity index (χ0) is 19.1. The predicted molar refractivity (Wildman–Crippen MR) is 112 cm³/mol. The van der Waals surface area contributed by atoms with Gasteiger partial charge in [-0.25, -0.2) is 4.98 Å². The molecule has 0 N–H and O–H groups in total. The Morgan fingerprint density at radius 3 is 2.71 bits per heavy atom. The maximum atomic E-state index is 12.9. The topological polar surface area (TPSA) is 52.0 Å². The number of carbonyl (C=O) groups is 1. The number of carbonyl (C=O) groups excluding carboxylic acids is 1. The normalized spacial score (nSPS) is 13.0. The van der Waals surface area contributed by atoms with Crippen molar-refractivity contribution in [1.29, 1.82) is 0 Å². The summed E-state index contributed by atoms with van der Waals surface area (Å²) in [6.45, 7) is 0.0110. The lowest BCUT2D eigenvalue weighted by Crippen LogP contribution is -2.24. The zero-order valence-electron chi connectivity index (χ0n) is 15.2. The Bertz CT molecular complexity index is 1250. The van der Waals surface area contributed by atoms with Crippen LogP contribution in [0.4, 0.5) is 0 Å². The zero-order valence-corrected chi connectivity index (χ0v) is 16.0.